The minimum Gasteiger partial charge on any atom is -0.454 e. The number of hydrogen-bond donors (Lipinski definition) is 2. The van der Waals surface area contributed by atoms with E-state index in [4.69, 9.17) is 21.7 Å². The number of benzene rings is 2. The highest BCUT2D eigenvalue weighted by molar-refractivity contribution is 7.80. The van der Waals surface area contributed by atoms with Crippen LogP contribution in [-0.2, 0) is 4.79 Å². The second-order valence-electron chi connectivity index (χ2n) is 7.29. The Morgan fingerprint density at radius 2 is 1.84 bits per heavy atom. The van der Waals surface area contributed by atoms with Crippen LogP contribution < -0.4 is 20.1 Å². The molecule has 0 unspecified atom stereocenters. The number of hydrogen-bond acceptors (Lipinski definition) is 5. The lowest BCUT2D eigenvalue weighted by Crippen LogP contribution is -2.39. The molecule has 0 bridgehead atoms. The molecule has 10 heteroatoms. The Bertz CT molecular complexity index is 991. The topological polar surface area (TPSA) is 66.1 Å². The Hall–Kier alpha value is -2.98. The lowest BCUT2D eigenvalue weighted by atomic mass is 10.3. The van der Waals surface area contributed by atoms with Crippen LogP contribution >= 0.6 is 12.2 Å². The van der Waals surface area contributed by atoms with Crippen molar-refractivity contribution < 1.29 is 23.0 Å². The molecule has 1 fully saturated rings. The number of rotatable bonds is 4. The van der Waals surface area contributed by atoms with E-state index in [0.717, 1.165) is 30.8 Å². The van der Waals surface area contributed by atoms with E-state index < -0.39 is 11.6 Å². The van der Waals surface area contributed by atoms with E-state index in [1.165, 1.54) is 6.07 Å². The van der Waals surface area contributed by atoms with Crippen LogP contribution in [0.15, 0.2) is 36.4 Å². The van der Waals surface area contributed by atoms with E-state index in [1.807, 2.05) is 23.1 Å². The molecule has 2 aromatic carbocycles. The standard InChI is InChI=1S/C21H22F2N4O3S/c22-14-2-4-17(16(23)10-14)25-20(28)12-26-6-1-7-27(9-8-26)21(31)24-15-3-5-18-19(11-15)30-13-29-18/h2-5,10-11H,1,6-9,12-13H2,(H,24,31)(H,25,28). The zero-order valence-corrected chi connectivity index (χ0v) is 17.5. The molecular weight excluding hydrogens is 426 g/mol. The van der Waals surface area contributed by atoms with Gasteiger partial charge in [-0.05, 0) is 42.9 Å². The smallest absolute Gasteiger partial charge is 0.238 e. The molecule has 2 aliphatic heterocycles. The van der Waals surface area contributed by atoms with Gasteiger partial charge in [-0.3, -0.25) is 9.69 Å². The van der Waals surface area contributed by atoms with E-state index in [2.05, 4.69) is 15.5 Å². The molecule has 0 aliphatic carbocycles. The van der Waals surface area contributed by atoms with Crippen molar-refractivity contribution in [2.24, 2.45) is 0 Å². The molecule has 0 radical (unpaired) electrons. The maximum atomic E-state index is 13.7. The molecule has 0 saturated carbocycles. The molecule has 1 amide bonds. The summed E-state index contributed by atoms with van der Waals surface area (Å²) in [5.74, 6) is -0.442. The summed E-state index contributed by atoms with van der Waals surface area (Å²) in [5.41, 5.74) is 0.785. The molecule has 0 spiro atoms. The Balaban J connectivity index is 1.27. The highest BCUT2D eigenvalue weighted by Crippen LogP contribution is 2.34. The van der Waals surface area contributed by atoms with Crippen molar-refractivity contribution in [1.82, 2.24) is 9.80 Å². The fraction of sp³-hybridized carbons (Fsp3) is 0.333. The number of halogens is 2. The molecule has 2 heterocycles. The highest BCUT2D eigenvalue weighted by Gasteiger charge is 2.20. The van der Waals surface area contributed by atoms with Crippen molar-refractivity contribution >= 4 is 34.6 Å². The van der Waals surface area contributed by atoms with E-state index in [1.54, 1.807) is 0 Å². The average Bonchev–Trinajstić information content (AvgIpc) is 3.07. The number of anilines is 2. The van der Waals surface area contributed by atoms with Gasteiger partial charge in [-0.2, -0.15) is 0 Å². The van der Waals surface area contributed by atoms with Crippen molar-refractivity contribution in [3.63, 3.8) is 0 Å². The number of carbonyl (C=O) groups is 1. The van der Waals surface area contributed by atoms with Crippen LogP contribution in [0.4, 0.5) is 20.2 Å². The molecular formula is C21H22F2N4O3S. The Morgan fingerprint density at radius 3 is 2.68 bits per heavy atom. The van der Waals surface area contributed by atoms with Gasteiger partial charge in [-0.25, -0.2) is 8.78 Å². The molecule has 7 nitrogen and oxygen atoms in total. The molecule has 2 aromatic rings. The first-order valence-corrected chi connectivity index (χ1v) is 10.3. The number of thiocarbonyl (C=S) groups is 1. The van der Waals surface area contributed by atoms with Gasteiger partial charge in [0.15, 0.2) is 16.6 Å². The van der Waals surface area contributed by atoms with E-state index in [9.17, 15) is 13.6 Å². The zero-order valence-electron chi connectivity index (χ0n) is 16.7. The van der Waals surface area contributed by atoms with Crippen molar-refractivity contribution in [3.05, 3.63) is 48.0 Å². The molecule has 0 atom stereocenters. The van der Waals surface area contributed by atoms with Gasteiger partial charge < -0.3 is 25.0 Å². The largest absolute Gasteiger partial charge is 0.454 e. The second kappa shape index (κ2) is 9.44. The summed E-state index contributed by atoms with van der Waals surface area (Å²) in [6.07, 6.45) is 0.821. The summed E-state index contributed by atoms with van der Waals surface area (Å²) < 4.78 is 37.4. The number of fused-ring (bicyclic) bond motifs is 1. The minimum absolute atomic E-state index is 0.0306. The number of nitrogens with zero attached hydrogens (tertiary/aromatic N) is 2. The predicted molar refractivity (Wildman–Crippen MR) is 116 cm³/mol. The summed E-state index contributed by atoms with van der Waals surface area (Å²) in [6.45, 7) is 3.07. The van der Waals surface area contributed by atoms with E-state index in [-0.39, 0.29) is 24.9 Å². The van der Waals surface area contributed by atoms with Gasteiger partial charge >= 0.3 is 0 Å². The van der Waals surface area contributed by atoms with E-state index >= 15 is 0 Å². The van der Waals surface area contributed by atoms with Crippen LogP contribution in [-0.4, -0.2) is 60.3 Å². The molecule has 0 aromatic heterocycles. The lowest BCUT2D eigenvalue weighted by Gasteiger charge is -2.24. The third kappa shape index (κ3) is 5.39. The normalized spacial score (nSPS) is 16.0. The van der Waals surface area contributed by atoms with Crippen LogP contribution in [0.2, 0.25) is 0 Å². The van der Waals surface area contributed by atoms with Gasteiger partial charge in [-0.1, -0.05) is 0 Å². The van der Waals surface area contributed by atoms with Crippen LogP contribution in [0, 0.1) is 11.6 Å². The third-order valence-corrected chi connectivity index (χ3v) is 5.43. The van der Waals surface area contributed by atoms with Crippen LogP contribution in [0.25, 0.3) is 0 Å². The fourth-order valence-electron chi connectivity index (χ4n) is 3.49. The summed E-state index contributed by atoms with van der Waals surface area (Å²) in [6, 6.07) is 8.62. The first-order chi connectivity index (χ1) is 15.0. The van der Waals surface area contributed by atoms with Crippen molar-refractivity contribution in [1.29, 1.82) is 0 Å². The van der Waals surface area contributed by atoms with Crippen LogP contribution in [0.3, 0.4) is 0 Å². The highest BCUT2D eigenvalue weighted by atomic mass is 32.1. The number of ether oxygens (including phenoxy) is 2. The van der Waals surface area contributed by atoms with Gasteiger partial charge in [0.25, 0.3) is 0 Å². The van der Waals surface area contributed by atoms with Crippen molar-refractivity contribution in [3.8, 4) is 11.5 Å². The van der Waals surface area contributed by atoms with Gasteiger partial charge in [0.1, 0.15) is 11.6 Å². The molecule has 2 N–H and O–H groups in total. The maximum Gasteiger partial charge on any atom is 0.238 e. The summed E-state index contributed by atoms with van der Waals surface area (Å²) in [7, 11) is 0. The molecule has 4 rings (SSSR count). The van der Waals surface area contributed by atoms with Gasteiger partial charge in [0, 0.05) is 44.0 Å². The number of carbonyl (C=O) groups excluding carboxylic acids is 1. The van der Waals surface area contributed by atoms with E-state index in [0.29, 0.717) is 36.2 Å². The third-order valence-electron chi connectivity index (χ3n) is 5.07. The summed E-state index contributed by atoms with van der Waals surface area (Å²) in [4.78, 5) is 16.3. The maximum absolute atomic E-state index is 13.7. The number of nitrogens with one attached hydrogen (secondary N) is 2. The zero-order chi connectivity index (χ0) is 21.8. The Kier molecular flexibility index (Phi) is 6.47. The van der Waals surface area contributed by atoms with Crippen LogP contribution in [0.1, 0.15) is 6.42 Å². The molecule has 31 heavy (non-hydrogen) atoms. The molecule has 164 valence electrons. The van der Waals surface area contributed by atoms with Gasteiger partial charge in [0.05, 0.1) is 12.2 Å². The van der Waals surface area contributed by atoms with Crippen LogP contribution in [0.5, 0.6) is 11.5 Å². The average molecular weight is 448 g/mol. The monoisotopic (exact) mass is 448 g/mol. The summed E-state index contributed by atoms with van der Waals surface area (Å²) >= 11 is 5.55. The first kappa shape index (κ1) is 21.3. The molecule has 1 saturated heterocycles. The molecule has 2 aliphatic rings. The quantitative estimate of drug-likeness (QED) is 0.697. The van der Waals surface area contributed by atoms with Crippen molar-refractivity contribution in [2.45, 2.75) is 6.42 Å². The Morgan fingerprint density at radius 1 is 1.00 bits per heavy atom. The second-order valence-corrected chi connectivity index (χ2v) is 7.67. The SMILES string of the molecule is O=C(CN1CCCN(C(=S)Nc2ccc3c(c2)OCO3)CC1)Nc1ccc(F)cc1F. The minimum atomic E-state index is -0.796. The Labute approximate surface area is 183 Å². The van der Waals surface area contributed by atoms with Gasteiger partial charge in [-0.15, -0.1) is 0 Å². The lowest BCUT2D eigenvalue weighted by molar-refractivity contribution is -0.117. The predicted octanol–water partition coefficient (Wildman–Crippen LogP) is 3.04. The number of amides is 1. The summed E-state index contributed by atoms with van der Waals surface area (Å²) in [5, 5.41) is 6.31. The van der Waals surface area contributed by atoms with Crippen molar-refractivity contribution in [2.75, 3.05) is 50.2 Å². The first-order valence-electron chi connectivity index (χ1n) is 9.91. The van der Waals surface area contributed by atoms with Gasteiger partial charge in [0.2, 0.25) is 12.7 Å². The fourth-order valence-corrected chi connectivity index (χ4v) is 3.79.